The first kappa shape index (κ1) is 13.0. The summed E-state index contributed by atoms with van der Waals surface area (Å²) in [4.78, 5) is 19.7. The Balaban J connectivity index is 1.47. The van der Waals surface area contributed by atoms with Crippen molar-refractivity contribution in [3.63, 3.8) is 0 Å². The second-order valence-corrected chi connectivity index (χ2v) is 5.60. The third kappa shape index (κ3) is 2.35. The highest BCUT2D eigenvalue weighted by Gasteiger charge is 2.44. The fourth-order valence-corrected chi connectivity index (χ4v) is 2.81. The summed E-state index contributed by atoms with van der Waals surface area (Å²) in [5.41, 5.74) is 2.58. The number of para-hydroxylation sites is 2. The van der Waals surface area contributed by atoms with Gasteiger partial charge >= 0.3 is 0 Å². The first-order valence-corrected chi connectivity index (χ1v) is 7.22. The van der Waals surface area contributed by atoms with Crippen molar-refractivity contribution < 1.29 is 9.18 Å². The molecule has 1 aliphatic rings. The lowest BCUT2D eigenvalue weighted by Crippen LogP contribution is -2.15. The lowest BCUT2D eigenvalue weighted by atomic mass is 10.1. The summed E-state index contributed by atoms with van der Waals surface area (Å²) in [6, 6.07) is 14.1. The Hall–Kier alpha value is -2.69. The molecule has 22 heavy (non-hydrogen) atoms. The number of nitrogens with zero attached hydrogens (tertiary/aromatic N) is 1. The summed E-state index contributed by atoms with van der Waals surface area (Å²) in [6.45, 7) is 0. The average Bonchev–Trinajstić information content (AvgIpc) is 3.21. The number of benzene rings is 2. The van der Waals surface area contributed by atoms with Crippen LogP contribution in [0.5, 0.6) is 0 Å². The van der Waals surface area contributed by atoms with Crippen LogP contribution < -0.4 is 5.32 Å². The number of aromatic amines is 1. The van der Waals surface area contributed by atoms with E-state index in [1.807, 2.05) is 30.3 Å². The van der Waals surface area contributed by atoms with Gasteiger partial charge in [0.2, 0.25) is 11.9 Å². The highest BCUT2D eigenvalue weighted by atomic mass is 19.1. The number of halogens is 1. The number of nitrogens with one attached hydrogen (secondary N) is 2. The summed E-state index contributed by atoms with van der Waals surface area (Å²) in [6.07, 6.45) is 0.746. The fraction of sp³-hybridized carbons (Fsp3) is 0.176. The van der Waals surface area contributed by atoms with Gasteiger partial charge in [-0.25, -0.2) is 9.37 Å². The molecule has 5 heteroatoms. The van der Waals surface area contributed by atoms with Gasteiger partial charge in [-0.3, -0.25) is 10.1 Å². The summed E-state index contributed by atoms with van der Waals surface area (Å²) in [7, 11) is 0. The summed E-state index contributed by atoms with van der Waals surface area (Å²) in [5, 5.41) is 2.81. The van der Waals surface area contributed by atoms with Crippen LogP contribution in [0.25, 0.3) is 11.0 Å². The van der Waals surface area contributed by atoms with Gasteiger partial charge in [0.15, 0.2) is 0 Å². The number of H-pyrrole nitrogens is 1. The van der Waals surface area contributed by atoms with Gasteiger partial charge in [0.25, 0.3) is 0 Å². The molecule has 2 atom stereocenters. The van der Waals surface area contributed by atoms with Crippen LogP contribution in [0.2, 0.25) is 0 Å². The van der Waals surface area contributed by atoms with E-state index in [1.165, 1.54) is 12.1 Å². The van der Waals surface area contributed by atoms with Crippen molar-refractivity contribution in [3.05, 3.63) is 59.9 Å². The number of hydrogen-bond donors (Lipinski definition) is 2. The third-order valence-corrected chi connectivity index (χ3v) is 4.04. The molecule has 4 rings (SSSR count). The summed E-state index contributed by atoms with van der Waals surface area (Å²) < 4.78 is 13.2. The van der Waals surface area contributed by atoms with E-state index in [4.69, 9.17) is 0 Å². The van der Waals surface area contributed by atoms with Crippen LogP contribution in [0.1, 0.15) is 17.9 Å². The molecule has 0 saturated heterocycles. The van der Waals surface area contributed by atoms with Crippen LogP contribution in [0, 0.1) is 11.7 Å². The first-order chi connectivity index (χ1) is 10.7. The van der Waals surface area contributed by atoms with E-state index < -0.39 is 0 Å². The average molecular weight is 295 g/mol. The molecule has 1 aromatic heterocycles. The Morgan fingerprint density at radius 1 is 1.23 bits per heavy atom. The molecule has 110 valence electrons. The Kier molecular flexibility index (Phi) is 2.92. The Labute approximate surface area is 126 Å². The van der Waals surface area contributed by atoms with Gasteiger partial charge in [0.05, 0.1) is 11.0 Å². The highest BCUT2D eigenvalue weighted by molar-refractivity contribution is 5.95. The van der Waals surface area contributed by atoms with Gasteiger partial charge < -0.3 is 4.98 Å². The SMILES string of the molecule is O=C(Nc1nc2ccccc2[nH]1)[C@H]1C[C@@H]1c1cccc(F)c1. The predicted octanol–water partition coefficient (Wildman–Crippen LogP) is 3.44. The maximum absolute atomic E-state index is 13.2. The molecule has 0 radical (unpaired) electrons. The molecule has 0 bridgehead atoms. The van der Waals surface area contributed by atoms with Crippen LogP contribution in [0.4, 0.5) is 10.3 Å². The van der Waals surface area contributed by atoms with Gasteiger partial charge in [-0.15, -0.1) is 0 Å². The third-order valence-electron chi connectivity index (χ3n) is 4.04. The molecule has 0 spiro atoms. The van der Waals surface area contributed by atoms with E-state index in [0.717, 1.165) is 23.0 Å². The Morgan fingerprint density at radius 2 is 2.09 bits per heavy atom. The molecule has 2 aromatic carbocycles. The highest BCUT2D eigenvalue weighted by Crippen LogP contribution is 2.48. The van der Waals surface area contributed by atoms with Gasteiger partial charge in [0.1, 0.15) is 5.82 Å². The van der Waals surface area contributed by atoms with Gasteiger partial charge in [-0.2, -0.15) is 0 Å². The first-order valence-electron chi connectivity index (χ1n) is 7.22. The van der Waals surface area contributed by atoms with Crippen molar-refractivity contribution >= 4 is 22.9 Å². The van der Waals surface area contributed by atoms with Crippen LogP contribution >= 0.6 is 0 Å². The van der Waals surface area contributed by atoms with Crippen LogP contribution in [0.3, 0.4) is 0 Å². The maximum Gasteiger partial charge on any atom is 0.230 e. The van der Waals surface area contributed by atoms with E-state index in [2.05, 4.69) is 15.3 Å². The standard InChI is InChI=1S/C17H14FN3O/c18-11-5-3-4-10(8-11)12-9-13(12)16(22)21-17-19-14-6-1-2-7-15(14)20-17/h1-8,12-13H,9H2,(H2,19,20,21,22)/t12-,13+/m1/s1. The molecule has 4 nitrogen and oxygen atoms in total. The largest absolute Gasteiger partial charge is 0.324 e. The number of aromatic nitrogens is 2. The lowest BCUT2D eigenvalue weighted by molar-refractivity contribution is -0.117. The minimum absolute atomic E-state index is 0.0756. The zero-order valence-corrected chi connectivity index (χ0v) is 11.7. The maximum atomic E-state index is 13.2. The Morgan fingerprint density at radius 3 is 2.91 bits per heavy atom. The molecule has 0 aliphatic heterocycles. The molecule has 1 fully saturated rings. The summed E-state index contributed by atoms with van der Waals surface area (Å²) in [5.74, 6) is 0.0975. The number of carbonyl (C=O) groups is 1. The van der Waals surface area contributed by atoms with Crippen molar-refractivity contribution in [3.8, 4) is 0 Å². The van der Waals surface area contributed by atoms with Crippen LogP contribution in [-0.2, 0) is 4.79 Å². The van der Waals surface area contributed by atoms with Crippen molar-refractivity contribution in [1.29, 1.82) is 0 Å². The van der Waals surface area contributed by atoms with E-state index in [9.17, 15) is 9.18 Å². The van der Waals surface area contributed by atoms with Crippen molar-refractivity contribution in [1.82, 2.24) is 9.97 Å². The molecule has 1 amide bonds. The Bertz CT molecular complexity index is 825. The second-order valence-electron chi connectivity index (χ2n) is 5.60. The monoisotopic (exact) mass is 295 g/mol. The zero-order chi connectivity index (χ0) is 15.1. The number of imidazole rings is 1. The van der Waals surface area contributed by atoms with Crippen LogP contribution in [0.15, 0.2) is 48.5 Å². The van der Waals surface area contributed by atoms with E-state index in [1.54, 1.807) is 6.07 Å². The number of fused-ring (bicyclic) bond motifs is 1. The minimum Gasteiger partial charge on any atom is -0.324 e. The number of hydrogen-bond acceptors (Lipinski definition) is 2. The molecule has 3 aromatic rings. The second kappa shape index (κ2) is 4.94. The molecular weight excluding hydrogens is 281 g/mol. The van der Waals surface area contributed by atoms with Crippen molar-refractivity contribution in [2.45, 2.75) is 12.3 Å². The fourth-order valence-electron chi connectivity index (χ4n) is 2.81. The topological polar surface area (TPSA) is 57.8 Å². The molecular formula is C17H14FN3O. The van der Waals surface area contributed by atoms with Crippen LogP contribution in [-0.4, -0.2) is 15.9 Å². The normalized spacial score (nSPS) is 20.0. The van der Waals surface area contributed by atoms with Crippen molar-refractivity contribution in [2.75, 3.05) is 5.32 Å². The minimum atomic E-state index is -0.263. The zero-order valence-electron chi connectivity index (χ0n) is 11.7. The molecule has 2 N–H and O–H groups in total. The van der Waals surface area contributed by atoms with E-state index in [-0.39, 0.29) is 23.6 Å². The van der Waals surface area contributed by atoms with Gasteiger partial charge in [0, 0.05) is 5.92 Å². The lowest BCUT2D eigenvalue weighted by Gasteiger charge is -2.02. The predicted molar refractivity (Wildman–Crippen MR) is 82.0 cm³/mol. The van der Waals surface area contributed by atoms with Crippen molar-refractivity contribution in [2.24, 2.45) is 5.92 Å². The molecule has 1 heterocycles. The van der Waals surface area contributed by atoms with E-state index in [0.29, 0.717) is 5.95 Å². The molecule has 1 aliphatic carbocycles. The van der Waals surface area contributed by atoms with E-state index >= 15 is 0 Å². The molecule has 1 saturated carbocycles. The quantitative estimate of drug-likeness (QED) is 0.777. The number of carbonyl (C=O) groups excluding carboxylic acids is 1. The number of amides is 1. The number of anilines is 1. The summed E-state index contributed by atoms with van der Waals surface area (Å²) >= 11 is 0. The smallest absolute Gasteiger partial charge is 0.230 e. The number of rotatable bonds is 3. The van der Waals surface area contributed by atoms with Gasteiger partial charge in [-0.1, -0.05) is 24.3 Å². The molecule has 0 unspecified atom stereocenters. The van der Waals surface area contributed by atoms with Gasteiger partial charge in [-0.05, 0) is 42.2 Å².